The first-order valence-electron chi connectivity index (χ1n) is 20.7. The number of nitrogens with zero attached hydrogens (tertiary/aromatic N) is 1. The molecule has 3 nitrogen and oxygen atoms in total. The maximum absolute atomic E-state index is 10.6. The molecule has 0 saturated heterocycles. The number of quaternary nitrogens is 1. The molecule has 1 aromatic carbocycles. The van der Waals surface area contributed by atoms with Gasteiger partial charge in [0.1, 0.15) is 0 Å². The van der Waals surface area contributed by atoms with Gasteiger partial charge >= 0.3 is 0 Å². The minimum Gasteiger partial charge on any atom is -0.545 e. The van der Waals surface area contributed by atoms with Gasteiger partial charge in [0.25, 0.3) is 0 Å². The number of aromatic carboxylic acids is 1. The monoisotopic (exact) mass is 668 g/mol. The van der Waals surface area contributed by atoms with E-state index in [-0.39, 0.29) is 5.56 Å². The maximum atomic E-state index is 10.6. The Kier molecular flexibility index (Phi) is 32.3. The van der Waals surface area contributed by atoms with Crippen LogP contribution in [0.4, 0.5) is 0 Å². The van der Waals surface area contributed by atoms with Crippen LogP contribution in [0.2, 0.25) is 0 Å². The predicted octanol–water partition coefficient (Wildman–Crippen LogP) is 13.4. The summed E-state index contributed by atoms with van der Waals surface area (Å²) < 4.78 is 1.25. The number of carbonyl (C=O) groups excluding carboxylic acids is 1. The quantitative estimate of drug-likeness (QED) is 0.0553. The Labute approximate surface area is 300 Å². The van der Waals surface area contributed by atoms with Crippen LogP contribution in [0.1, 0.15) is 215 Å². The summed E-state index contributed by atoms with van der Waals surface area (Å²) >= 11 is 0. The van der Waals surface area contributed by atoms with Crippen LogP contribution >= 0.6 is 0 Å². The van der Waals surface area contributed by atoms with Crippen molar-refractivity contribution in [3.8, 4) is 0 Å². The van der Waals surface area contributed by atoms with Gasteiger partial charge in [0, 0.05) is 0 Å². The Bertz CT molecular complexity index is 829. The molecule has 0 N–H and O–H groups in total. The molecule has 0 unspecified atom stereocenters. The van der Waals surface area contributed by atoms with E-state index in [1.165, 1.54) is 209 Å². The van der Waals surface area contributed by atoms with Crippen LogP contribution < -0.4 is 5.11 Å². The molecule has 0 atom stereocenters. The van der Waals surface area contributed by atoms with E-state index in [0.29, 0.717) is 0 Å². The summed E-state index contributed by atoms with van der Waals surface area (Å²) in [5.74, 6) is -1.19. The van der Waals surface area contributed by atoms with Crippen molar-refractivity contribution in [2.75, 3.05) is 27.2 Å². The predicted molar refractivity (Wildman–Crippen MR) is 213 cm³/mol. The van der Waals surface area contributed by atoms with Crippen LogP contribution in [0.5, 0.6) is 0 Å². The van der Waals surface area contributed by atoms with E-state index in [2.05, 4.69) is 41.1 Å². The average molecular weight is 668 g/mol. The molecule has 0 aromatic heterocycles. The second kappa shape index (κ2) is 33.6. The SMILES string of the molecule is C=Cc1cc(C=C)cc(C(=O)[O-])c1.CCCCCCCCCCCCCCCC[N+](C)(C)CCCCCCCCCCCCCCCC. The topological polar surface area (TPSA) is 40.1 Å². The molecule has 3 heteroatoms. The number of benzene rings is 1. The Hall–Kier alpha value is -1.87. The van der Waals surface area contributed by atoms with Gasteiger partial charge in [0.2, 0.25) is 0 Å². The van der Waals surface area contributed by atoms with Gasteiger partial charge in [-0.2, -0.15) is 0 Å². The number of rotatable bonds is 33. The molecule has 0 amide bonds. The van der Waals surface area contributed by atoms with Crippen molar-refractivity contribution in [1.82, 2.24) is 0 Å². The Morgan fingerprint density at radius 3 is 0.979 bits per heavy atom. The molecule has 0 radical (unpaired) electrons. The van der Waals surface area contributed by atoms with Gasteiger partial charge in [-0.1, -0.05) is 193 Å². The van der Waals surface area contributed by atoms with Crippen LogP contribution in [0.25, 0.3) is 12.2 Å². The summed E-state index contributed by atoms with van der Waals surface area (Å²) in [5.41, 5.74) is 1.64. The minimum atomic E-state index is -1.19. The van der Waals surface area contributed by atoms with Crippen LogP contribution in [0.3, 0.4) is 0 Å². The van der Waals surface area contributed by atoms with Gasteiger partial charge in [0.05, 0.1) is 33.2 Å². The number of hydrogen-bond donors (Lipinski definition) is 0. The third-order valence-corrected chi connectivity index (χ3v) is 9.92. The van der Waals surface area contributed by atoms with E-state index in [1.807, 2.05) is 0 Å². The van der Waals surface area contributed by atoms with E-state index in [4.69, 9.17) is 0 Å². The van der Waals surface area contributed by atoms with Crippen molar-refractivity contribution in [1.29, 1.82) is 0 Å². The van der Waals surface area contributed by atoms with Gasteiger partial charge < -0.3 is 14.4 Å². The number of hydrogen-bond acceptors (Lipinski definition) is 2. The zero-order valence-corrected chi connectivity index (χ0v) is 32.8. The first kappa shape index (κ1) is 46.1. The lowest BCUT2D eigenvalue weighted by Crippen LogP contribution is -2.41. The van der Waals surface area contributed by atoms with E-state index >= 15 is 0 Å². The van der Waals surface area contributed by atoms with Gasteiger partial charge in [0.15, 0.2) is 0 Å². The summed E-state index contributed by atoms with van der Waals surface area (Å²) in [5, 5.41) is 10.6. The largest absolute Gasteiger partial charge is 0.545 e. The fourth-order valence-corrected chi connectivity index (χ4v) is 6.61. The van der Waals surface area contributed by atoms with Crippen molar-refractivity contribution in [3.63, 3.8) is 0 Å². The van der Waals surface area contributed by atoms with Crippen molar-refractivity contribution >= 4 is 18.1 Å². The Morgan fingerprint density at radius 1 is 0.500 bits per heavy atom. The highest BCUT2D eigenvalue weighted by Crippen LogP contribution is 2.16. The van der Waals surface area contributed by atoms with Gasteiger partial charge in [-0.25, -0.2) is 0 Å². The standard InChI is InChI=1S/C34H72N.C11H10O2/c1-5-7-9-11-13-15-17-19-21-23-25-27-29-31-33-35(3,4)34-32-30-28-26-24-22-20-18-16-14-12-10-8-6-2;1-3-8-5-9(4-2)7-10(6-8)11(12)13/h5-34H2,1-4H3;3-7H,1-2H2,(H,12,13)/q+1;/p-1. The first-order valence-corrected chi connectivity index (χ1v) is 20.7. The summed E-state index contributed by atoms with van der Waals surface area (Å²) in [7, 11) is 4.93. The van der Waals surface area contributed by atoms with E-state index in [1.54, 1.807) is 18.2 Å². The van der Waals surface area contributed by atoms with Crippen molar-refractivity contribution in [3.05, 3.63) is 48.0 Å². The number of carbonyl (C=O) groups is 1. The van der Waals surface area contributed by atoms with Gasteiger partial charge in [-0.15, -0.1) is 0 Å². The maximum Gasteiger partial charge on any atom is 0.0782 e. The number of carboxylic acid groups (broad SMARTS) is 1. The lowest BCUT2D eigenvalue weighted by atomic mass is 10.0. The third kappa shape index (κ3) is 30.2. The normalized spacial score (nSPS) is 11.2. The second-order valence-electron chi connectivity index (χ2n) is 15.2. The molecule has 0 aliphatic carbocycles. The lowest BCUT2D eigenvalue weighted by Gasteiger charge is -2.30. The first-order chi connectivity index (χ1) is 23.3. The molecular weight excluding hydrogens is 587 g/mol. The summed E-state index contributed by atoms with van der Waals surface area (Å²) in [6.07, 6.45) is 44.1. The van der Waals surface area contributed by atoms with E-state index in [9.17, 15) is 9.90 Å². The van der Waals surface area contributed by atoms with Crippen LogP contribution in [-0.4, -0.2) is 37.6 Å². The minimum absolute atomic E-state index is 0.146. The molecule has 0 saturated carbocycles. The average Bonchev–Trinajstić information content (AvgIpc) is 3.08. The second-order valence-corrected chi connectivity index (χ2v) is 15.2. The molecular formula is C45H81NO2. The zero-order chi connectivity index (χ0) is 35.6. The fraction of sp³-hybridized carbons (Fsp3) is 0.756. The molecule has 0 spiro atoms. The summed E-state index contributed by atoms with van der Waals surface area (Å²) in [4.78, 5) is 10.6. The molecule has 0 bridgehead atoms. The van der Waals surface area contributed by atoms with E-state index in [0.717, 1.165) is 11.1 Å². The summed E-state index contributed by atoms with van der Waals surface area (Å²) in [6.45, 7) is 14.5. The van der Waals surface area contributed by atoms with E-state index < -0.39 is 5.97 Å². The molecule has 0 aliphatic rings. The summed E-state index contributed by atoms with van der Waals surface area (Å²) in [6, 6.07) is 4.82. The van der Waals surface area contributed by atoms with Crippen LogP contribution in [0.15, 0.2) is 31.4 Å². The van der Waals surface area contributed by atoms with Gasteiger partial charge in [-0.3, -0.25) is 0 Å². The molecule has 0 fully saturated rings. The molecule has 278 valence electrons. The lowest BCUT2D eigenvalue weighted by molar-refractivity contribution is -0.890. The highest BCUT2D eigenvalue weighted by molar-refractivity contribution is 5.87. The number of carboxylic acids is 1. The smallest absolute Gasteiger partial charge is 0.0782 e. The molecule has 0 heterocycles. The fourth-order valence-electron chi connectivity index (χ4n) is 6.61. The molecule has 1 rings (SSSR count). The van der Waals surface area contributed by atoms with Crippen molar-refractivity contribution in [2.24, 2.45) is 0 Å². The molecule has 0 aliphatic heterocycles. The number of unbranched alkanes of at least 4 members (excludes halogenated alkanes) is 26. The van der Waals surface area contributed by atoms with Crippen molar-refractivity contribution in [2.45, 2.75) is 194 Å². The molecule has 48 heavy (non-hydrogen) atoms. The highest BCUT2D eigenvalue weighted by Gasteiger charge is 2.13. The Morgan fingerprint density at radius 2 is 0.750 bits per heavy atom. The Balaban J connectivity index is 0.00000140. The zero-order valence-electron chi connectivity index (χ0n) is 32.8. The van der Waals surface area contributed by atoms with Gasteiger partial charge in [-0.05, 0) is 60.6 Å². The van der Waals surface area contributed by atoms with Crippen LogP contribution in [-0.2, 0) is 0 Å². The van der Waals surface area contributed by atoms with Crippen molar-refractivity contribution < 1.29 is 14.4 Å². The van der Waals surface area contributed by atoms with Crippen LogP contribution in [0, 0.1) is 0 Å². The molecule has 1 aromatic rings. The third-order valence-electron chi connectivity index (χ3n) is 9.92. The highest BCUT2D eigenvalue weighted by atomic mass is 16.4.